The summed E-state index contributed by atoms with van der Waals surface area (Å²) in [5, 5.41) is 2.92. The van der Waals surface area contributed by atoms with Crippen molar-refractivity contribution in [3.05, 3.63) is 17.5 Å². The van der Waals surface area contributed by atoms with Gasteiger partial charge in [-0.1, -0.05) is 13.8 Å². The molecule has 0 unspecified atom stereocenters. The third-order valence-corrected chi connectivity index (χ3v) is 3.25. The third-order valence-electron chi connectivity index (χ3n) is 3.25. The van der Waals surface area contributed by atoms with Crippen LogP contribution in [0.4, 0.5) is 5.95 Å². The molecule has 2 heterocycles. The maximum atomic E-state index is 11.7. The Morgan fingerprint density at radius 2 is 2.10 bits per heavy atom. The Morgan fingerprint density at radius 1 is 1.38 bits per heavy atom. The molecule has 1 amide bonds. The fourth-order valence-electron chi connectivity index (χ4n) is 2.24. The van der Waals surface area contributed by atoms with E-state index in [2.05, 4.69) is 20.2 Å². The number of nitrogens with zero attached hydrogens (tertiary/aromatic N) is 3. The first-order valence-corrected chi connectivity index (χ1v) is 7.48. The minimum atomic E-state index is 0.0641. The van der Waals surface area contributed by atoms with Gasteiger partial charge in [-0.25, -0.2) is 9.97 Å². The molecule has 1 aromatic rings. The number of carbonyl (C=O) groups is 1. The monoisotopic (exact) mass is 292 g/mol. The van der Waals surface area contributed by atoms with E-state index in [0.29, 0.717) is 32.1 Å². The molecule has 0 saturated carbocycles. The summed E-state index contributed by atoms with van der Waals surface area (Å²) in [6.07, 6.45) is 0.542. The Labute approximate surface area is 125 Å². The highest BCUT2D eigenvalue weighted by Gasteiger charge is 2.15. The van der Waals surface area contributed by atoms with Crippen LogP contribution in [0.25, 0.3) is 0 Å². The van der Waals surface area contributed by atoms with Gasteiger partial charge in [0.25, 0.3) is 0 Å². The molecule has 0 aliphatic carbocycles. The van der Waals surface area contributed by atoms with Crippen molar-refractivity contribution >= 4 is 11.9 Å². The number of aryl methyl sites for hydroxylation is 1. The van der Waals surface area contributed by atoms with Gasteiger partial charge in [0.2, 0.25) is 11.9 Å². The molecular weight excluding hydrogens is 268 g/mol. The smallest absolute Gasteiger partial charge is 0.225 e. The van der Waals surface area contributed by atoms with Crippen LogP contribution in [-0.2, 0) is 16.1 Å². The summed E-state index contributed by atoms with van der Waals surface area (Å²) >= 11 is 0. The molecule has 1 saturated heterocycles. The average molecular weight is 292 g/mol. The van der Waals surface area contributed by atoms with Crippen LogP contribution < -0.4 is 10.2 Å². The van der Waals surface area contributed by atoms with Crippen LogP contribution in [0.15, 0.2) is 6.07 Å². The van der Waals surface area contributed by atoms with Crippen LogP contribution in [0.1, 0.15) is 31.7 Å². The molecule has 1 fully saturated rings. The van der Waals surface area contributed by atoms with E-state index in [0.717, 1.165) is 30.4 Å². The molecule has 21 heavy (non-hydrogen) atoms. The van der Waals surface area contributed by atoms with Gasteiger partial charge in [-0.2, -0.15) is 0 Å². The first-order valence-electron chi connectivity index (χ1n) is 7.48. The number of hydrogen-bond acceptors (Lipinski definition) is 5. The van der Waals surface area contributed by atoms with Gasteiger partial charge < -0.3 is 15.0 Å². The lowest BCUT2D eigenvalue weighted by atomic mass is 10.1. The number of amides is 1. The van der Waals surface area contributed by atoms with Crippen LogP contribution >= 0.6 is 0 Å². The van der Waals surface area contributed by atoms with Gasteiger partial charge in [0, 0.05) is 25.2 Å². The highest BCUT2D eigenvalue weighted by atomic mass is 16.5. The summed E-state index contributed by atoms with van der Waals surface area (Å²) in [5.74, 6) is 1.15. The van der Waals surface area contributed by atoms with E-state index in [1.807, 2.05) is 26.8 Å². The minimum absolute atomic E-state index is 0.0641. The Bertz CT molecular complexity index is 485. The molecule has 0 spiro atoms. The number of anilines is 1. The second-order valence-electron chi connectivity index (χ2n) is 5.77. The van der Waals surface area contributed by atoms with Crippen LogP contribution in [0.5, 0.6) is 0 Å². The number of nitrogens with one attached hydrogen (secondary N) is 1. The van der Waals surface area contributed by atoms with Crippen molar-refractivity contribution in [2.24, 2.45) is 5.92 Å². The summed E-state index contributed by atoms with van der Waals surface area (Å²) in [5.41, 5.74) is 1.76. The van der Waals surface area contributed by atoms with Crippen LogP contribution in [-0.4, -0.2) is 42.2 Å². The number of ether oxygens (including phenoxy) is 1. The topological polar surface area (TPSA) is 67.4 Å². The number of hydrogen-bond donors (Lipinski definition) is 1. The maximum Gasteiger partial charge on any atom is 0.225 e. The van der Waals surface area contributed by atoms with E-state index in [4.69, 9.17) is 4.74 Å². The first-order chi connectivity index (χ1) is 10.0. The van der Waals surface area contributed by atoms with Gasteiger partial charge in [-0.3, -0.25) is 4.79 Å². The molecule has 6 heteroatoms. The molecule has 0 bridgehead atoms. The normalized spacial score (nSPS) is 15.3. The van der Waals surface area contributed by atoms with E-state index in [9.17, 15) is 4.79 Å². The van der Waals surface area contributed by atoms with Crippen molar-refractivity contribution in [1.82, 2.24) is 15.3 Å². The summed E-state index contributed by atoms with van der Waals surface area (Å²) in [6.45, 7) is 9.49. The molecule has 1 aromatic heterocycles. The molecule has 0 atom stereocenters. The van der Waals surface area contributed by atoms with Crippen molar-refractivity contribution in [2.45, 2.75) is 33.7 Å². The molecule has 6 nitrogen and oxygen atoms in total. The van der Waals surface area contributed by atoms with Crippen molar-refractivity contribution < 1.29 is 9.53 Å². The van der Waals surface area contributed by atoms with Crippen molar-refractivity contribution in [1.29, 1.82) is 0 Å². The van der Waals surface area contributed by atoms with Crippen LogP contribution in [0.3, 0.4) is 0 Å². The van der Waals surface area contributed by atoms with Gasteiger partial charge >= 0.3 is 0 Å². The molecule has 116 valence electrons. The predicted molar refractivity (Wildman–Crippen MR) is 81.1 cm³/mol. The zero-order valence-electron chi connectivity index (χ0n) is 13.1. The van der Waals surface area contributed by atoms with E-state index in [-0.39, 0.29) is 5.91 Å². The van der Waals surface area contributed by atoms with E-state index in [1.165, 1.54) is 0 Å². The Hall–Kier alpha value is -1.69. The number of morpholine rings is 1. The van der Waals surface area contributed by atoms with Crippen LogP contribution in [0, 0.1) is 12.8 Å². The van der Waals surface area contributed by atoms with E-state index in [1.54, 1.807) is 0 Å². The van der Waals surface area contributed by atoms with E-state index < -0.39 is 0 Å². The number of carbonyl (C=O) groups excluding carboxylic acids is 1. The van der Waals surface area contributed by atoms with Crippen molar-refractivity contribution in [3.8, 4) is 0 Å². The summed E-state index contributed by atoms with van der Waals surface area (Å²) < 4.78 is 5.34. The van der Waals surface area contributed by atoms with Crippen LogP contribution in [0.2, 0.25) is 0 Å². The van der Waals surface area contributed by atoms with Gasteiger partial charge in [-0.15, -0.1) is 0 Å². The fraction of sp³-hybridized carbons (Fsp3) is 0.667. The van der Waals surface area contributed by atoms with Crippen molar-refractivity contribution in [2.75, 3.05) is 31.2 Å². The fourth-order valence-corrected chi connectivity index (χ4v) is 2.24. The molecule has 1 N–H and O–H groups in total. The zero-order valence-corrected chi connectivity index (χ0v) is 13.1. The number of rotatable bonds is 5. The third kappa shape index (κ3) is 4.97. The molecule has 2 rings (SSSR count). The predicted octanol–water partition coefficient (Wildman–Crippen LogP) is 1.28. The second kappa shape index (κ2) is 7.36. The molecule has 0 radical (unpaired) electrons. The lowest BCUT2D eigenvalue weighted by Crippen LogP contribution is -2.37. The molecule has 0 aromatic carbocycles. The molecule has 1 aliphatic rings. The number of aromatic nitrogens is 2. The lowest BCUT2D eigenvalue weighted by molar-refractivity contribution is -0.121. The SMILES string of the molecule is Cc1cc(CNC(=O)CC(C)C)nc(N2CCOCC2)n1. The largest absolute Gasteiger partial charge is 0.378 e. The summed E-state index contributed by atoms with van der Waals surface area (Å²) in [4.78, 5) is 22.9. The van der Waals surface area contributed by atoms with Gasteiger partial charge in [0.05, 0.1) is 25.5 Å². The second-order valence-corrected chi connectivity index (χ2v) is 5.77. The van der Waals surface area contributed by atoms with Gasteiger partial charge in [-0.05, 0) is 18.9 Å². The lowest BCUT2D eigenvalue weighted by Gasteiger charge is -2.27. The zero-order chi connectivity index (χ0) is 15.2. The van der Waals surface area contributed by atoms with Crippen molar-refractivity contribution in [3.63, 3.8) is 0 Å². The summed E-state index contributed by atoms with van der Waals surface area (Å²) in [6, 6.07) is 1.92. The maximum absolute atomic E-state index is 11.7. The highest BCUT2D eigenvalue weighted by molar-refractivity contribution is 5.75. The Balaban J connectivity index is 1.99. The first kappa shape index (κ1) is 15.7. The highest BCUT2D eigenvalue weighted by Crippen LogP contribution is 2.12. The quantitative estimate of drug-likeness (QED) is 0.885. The summed E-state index contributed by atoms with van der Waals surface area (Å²) in [7, 11) is 0. The Morgan fingerprint density at radius 3 is 2.76 bits per heavy atom. The standard InChI is InChI=1S/C15H24N4O2/c1-11(2)8-14(20)16-10-13-9-12(3)17-15(18-13)19-4-6-21-7-5-19/h9,11H,4-8,10H2,1-3H3,(H,16,20). The van der Waals surface area contributed by atoms with E-state index >= 15 is 0 Å². The van der Waals surface area contributed by atoms with Gasteiger partial charge in [0.15, 0.2) is 0 Å². The molecule has 1 aliphatic heterocycles. The minimum Gasteiger partial charge on any atom is -0.378 e. The average Bonchev–Trinajstić information content (AvgIpc) is 2.45. The Kier molecular flexibility index (Phi) is 5.50. The van der Waals surface area contributed by atoms with Gasteiger partial charge in [0.1, 0.15) is 0 Å². The molecular formula is C15H24N4O2.